The van der Waals surface area contributed by atoms with Crippen LogP contribution in [-0.4, -0.2) is 21.3 Å². The molecule has 112 valence electrons. The predicted octanol–water partition coefficient (Wildman–Crippen LogP) is 3.94. The Morgan fingerprint density at radius 2 is 2.05 bits per heavy atom. The number of benzene rings is 1. The number of H-pyrrole nitrogens is 1. The molecule has 0 aliphatic heterocycles. The van der Waals surface area contributed by atoms with Crippen LogP contribution in [0, 0.1) is 5.82 Å². The van der Waals surface area contributed by atoms with Crippen molar-refractivity contribution in [1.29, 1.82) is 0 Å². The van der Waals surface area contributed by atoms with Gasteiger partial charge in [-0.25, -0.2) is 13.6 Å². The van der Waals surface area contributed by atoms with E-state index in [1.54, 1.807) is 12.1 Å². The van der Waals surface area contributed by atoms with E-state index in [1.165, 1.54) is 24.3 Å². The number of nitrogens with zero attached hydrogens (tertiary/aromatic N) is 1. The van der Waals surface area contributed by atoms with E-state index in [-0.39, 0.29) is 22.6 Å². The average Bonchev–Trinajstić information content (AvgIpc) is 2.97. The summed E-state index contributed by atoms with van der Waals surface area (Å²) in [5.41, 5.74) is 1.47. The van der Waals surface area contributed by atoms with E-state index in [2.05, 4.69) is 10.2 Å². The summed E-state index contributed by atoms with van der Waals surface area (Å²) in [4.78, 5) is 11.2. The second-order valence-corrected chi connectivity index (χ2v) is 4.94. The van der Waals surface area contributed by atoms with Crippen LogP contribution >= 0.6 is 0 Å². The number of aromatic carboxylic acids is 1. The maximum atomic E-state index is 14.0. The van der Waals surface area contributed by atoms with Crippen molar-refractivity contribution in [1.82, 2.24) is 10.2 Å². The normalized spacial score (nSPS) is 14.5. The molecule has 0 amide bonds. The number of rotatable bonds is 3. The third-order valence-corrected chi connectivity index (χ3v) is 3.52. The highest BCUT2D eigenvalue weighted by Gasteiger charge is 2.19. The van der Waals surface area contributed by atoms with E-state index in [0.29, 0.717) is 18.5 Å². The number of carbonyl (C=O) groups is 1. The molecule has 1 aliphatic carbocycles. The Kier molecular flexibility index (Phi) is 3.58. The molecular formula is C16H12F2N2O2. The fraction of sp³-hybridized carbons (Fsp3) is 0.125. The van der Waals surface area contributed by atoms with Gasteiger partial charge in [-0.1, -0.05) is 12.1 Å². The predicted molar refractivity (Wildman–Crippen MR) is 77.3 cm³/mol. The molecule has 0 saturated heterocycles. The standard InChI is InChI=1S/C16H12F2N2O2/c17-10-6-4-9(5-7-10)13-8-14(20-19-13)15-11(16(21)22)2-1-3-12(15)18/h1-4,6,8H,5,7H2,(H,19,20)(H,21,22). The fourth-order valence-electron chi connectivity index (χ4n) is 2.42. The first-order valence-corrected chi connectivity index (χ1v) is 6.69. The highest BCUT2D eigenvalue weighted by molar-refractivity contribution is 5.95. The Morgan fingerprint density at radius 1 is 1.23 bits per heavy atom. The lowest BCUT2D eigenvalue weighted by Crippen LogP contribution is -2.01. The van der Waals surface area contributed by atoms with Gasteiger partial charge in [-0.3, -0.25) is 5.10 Å². The van der Waals surface area contributed by atoms with Gasteiger partial charge in [0, 0.05) is 12.0 Å². The first kappa shape index (κ1) is 14.2. The first-order chi connectivity index (χ1) is 10.6. The summed E-state index contributed by atoms with van der Waals surface area (Å²) < 4.78 is 27.0. The second kappa shape index (κ2) is 5.55. The molecule has 4 nitrogen and oxygen atoms in total. The van der Waals surface area contributed by atoms with Gasteiger partial charge >= 0.3 is 5.97 Å². The summed E-state index contributed by atoms with van der Waals surface area (Å²) in [6.45, 7) is 0. The third-order valence-electron chi connectivity index (χ3n) is 3.52. The SMILES string of the molecule is O=C(O)c1cccc(F)c1-c1cc(C2=CC=C(F)CC2)n[nH]1. The Hall–Kier alpha value is -2.76. The zero-order valence-electron chi connectivity index (χ0n) is 11.4. The number of nitrogens with one attached hydrogen (secondary N) is 1. The Morgan fingerprint density at radius 3 is 2.73 bits per heavy atom. The average molecular weight is 302 g/mol. The number of carboxylic acid groups (broad SMARTS) is 1. The Balaban J connectivity index is 2.04. The number of aromatic amines is 1. The van der Waals surface area contributed by atoms with E-state index in [4.69, 9.17) is 0 Å². The van der Waals surface area contributed by atoms with Gasteiger partial charge in [0.2, 0.25) is 0 Å². The van der Waals surface area contributed by atoms with Crippen LogP contribution < -0.4 is 0 Å². The van der Waals surface area contributed by atoms with E-state index >= 15 is 0 Å². The summed E-state index contributed by atoms with van der Waals surface area (Å²) in [6.07, 6.45) is 3.79. The lowest BCUT2D eigenvalue weighted by molar-refractivity contribution is 0.0697. The van der Waals surface area contributed by atoms with Crippen LogP contribution in [0.15, 0.2) is 42.2 Å². The summed E-state index contributed by atoms with van der Waals surface area (Å²) in [5, 5.41) is 15.9. The van der Waals surface area contributed by atoms with Crippen molar-refractivity contribution in [3.63, 3.8) is 0 Å². The summed E-state index contributed by atoms with van der Waals surface area (Å²) in [5.74, 6) is -2.05. The van der Waals surface area contributed by atoms with Gasteiger partial charge in [-0.05, 0) is 36.3 Å². The monoisotopic (exact) mass is 302 g/mol. The number of allylic oxidation sites excluding steroid dienone is 4. The molecule has 22 heavy (non-hydrogen) atoms. The van der Waals surface area contributed by atoms with E-state index in [0.717, 1.165) is 5.57 Å². The molecule has 1 heterocycles. The lowest BCUT2D eigenvalue weighted by Gasteiger charge is -2.07. The molecule has 0 saturated carbocycles. The van der Waals surface area contributed by atoms with Crippen molar-refractivity contribution in [2.45, 2.75) is 12.8 Å². The van der Waals surface area contributed by atoms with Gasteiger partial charge < -0.3 is 5.11 Å². The molecule has 0 atom stereocenters. The molecule has 0 fully saturated rings. The summed E-state index contributed by atoms with van der Waals surface area (Å²) in [7, 11) is 0. The summed E-state index contributed by atoms with van der Waals surface area (Å²) >= 11 is 0. The molecule has 0 radical (unpaired) electrons. The molecule has 1 aromatic heterocycles. The zero-order chi connectivity index (χ0) is 15.7. The van der Waals surface area contributed by atoms with E-state index in [1.807, 2.05) is 0 Å². The smallest absolute Gasteiger partial charge is 0.336 e. The van der Waals surface area contributed by atoms with Crippen molar-refractivity contribution in [2.75, 3.05) is 0 Å². The first-order valence-electron chi connectivity index (χ1n) is 6.69. The van der Waals surface area contributed by atoms with E-state index in [9.17, 15) is 18.7 Å². The number of carboxylic acids is 1. The third kappa shape index (κ3) is 2.55. The molecule has 1 aromatic carbocycles. The highest BCUT2D eigenvalue weighted by Crippen LogP contribution is 2.30. The quantitative estimate of drug-likeness (QED) is 0.902. The van der Waals surface area contributed by atoms with Gasteiger partial charge in [0.25, 0.3) is 0 Å². The Bertz CT molecular complexity index is 806. The van der Waals surface area contributed by atoms with Crippen LogP contribution in [0.5, 0.6) is 0 Å². The minimum absolute atomic E-state index is 0.0353. The minimum Gasteiger partial charge on any atom is -0.478 e. The van der Waals surface area contributed by atoms with Crippen molar-refractivity contribution in [2.24, 2.45) is 0 Å². The van der Waals surface area contributed by atoms with Crippen LogP contribution in [0.1, 0.15) is 28.9 Å². The number of aromatic nitrogens is 2. The summed E-state index contributed by atoms with van der Waals surface area (Å²) in [6, 6.07) is 5.45. The van der Waals surface area contributed by atoms with Gasteiger partial charge in [-0.2, -0.15) is 5.10 Å². The molecule has 0 bridgehead atoms. The fourth-order valence-corrected chi connectivity index (χ4v) is 2.42. The topological polar surface area (TPSA) is 66.0 Å². The largest absolute Gasteiger partial charge is 0.478 e. The molecule has 3 rings (SSSR count). The van der Waals surface area contributed by atoms with Crippen molar-refractivity contribution >= 4 is 11.5 Å². The lowest BCUT2D eigenvalue weighted by atomic mass is 9.99. The van der Waals surface area contributed by atoms with Crippen LogP contribution in [0.2, 0.25) is 0 Å². The molecule has 1 aliphatic rings. The molecule has 0 unspecified atom stereocenters. The maximum Gasteiger partial charge on any atom is 0.336 e. The molecule has 2 aromatic rings. The van der Waals surface area contributed by atoms with Crippen LogP contribution in [0.4, 0.5) is 8.78 Å². The highest BCUT2D eigenvalue weighted by atomic mass is 19.1. The van der Waals surface area contributed by atoms with Gasteiger partial charge in [-0.15, -0.1) is 0 Å². The van der Waals surface area contributed by atoms with Crippen LogP contribution in [0.25, 0.3) is 16.8 Å². The van der Waals surface area contributed by atoms with Gasteiger partial charge in [0.05, 0.1) is 17.0 Å². The molecule has 6 heteroatoms. The molecule has 0 spiro atoms. The van der Waals surface area contributed by atoms with E-state index < -0.39 is 11.8 Å². The number of hydrogen-bond acceptors (Lipinski definition) is 2. The number of halogens is 2. The molecule has 2 N–H and O–H groups in total. The maximum absolute atomic E-state index is 14.0. The van der Waals surface area contributed by atoms with Crippen molar-refractivity contribution < 1.29 is 18.7 Å². The van der Waals surface area contributed by atoms with Gasteiger partial charge in [0.1, 0.15) is 11.6 Å². The minimum atomic E-state index is -1.22. The van der Waals surface area contributed by atoms with Crippen LogP contribution in [-0.2, 0) is 0 Å². The van der Waals surface area contributed by atoms with Crippen LogP contribution in [0.3, 0.4) is 0 Å². The van der Waals surface area contributed by atoms with Crippen molar-refractivity contribution in [3.05, 3.63) is 59.3 Å². The number of hydrogen-bond donors (Lipinski definition) is 2. The zero-order valence-corrected chi connectivity index (χ0v) is 11.4. The van der Waals surface area contributed by atoms with Crippen molar-refractivity contribution in [3.8, 4) is 11.3 Å². The second-order valence-electron chi connectivity index (χ2n) is 4.94. The Labute approximate surface area is 124 Å². The molecular weight excluding hydrogens is 290 g/mol. The van der Waals surface area contributed by atoms with Gasteiger partial charge in [0.15, 0.2) is 0 Å².